The number of nitrogens with zero attached hydrogens (tertiary/aromatic N) is 1. The highest BCUT2D eigenvalue weighted by Gasteiger charge is 2.13. The van der Waals surface area contributed by atoms with E-state index in [-0.39, 0.29) is 22.6 Å². The van der Waals surface area contributed by atoms with Crippen molar-refractivity contribution in [2.75, 3.05) is 0 Å². The van der Waals surface area contributed by atoms with Gasteiger partial charge in [-0.25, -0.2) is 0 Å². The predicted octanol–water partition coefficient (Wildman–Crippen LogP) is 1.86. The number of nitro benzene ring substituents is 1. The Bertz CT molecular complexity index is 544. The summed E-state index contributed by atoms with van der Waals surface area (Å²) in [5, 5.41) is 20.1. The topological polar surface area (TPSA) is 97.5 Å². The average molecular weight is 249 g/mol. The van der Waals surface area contributed by atoms with E-state index in [1.807, 2.05) is 0 Å². The Morgan fingerprint density at radius 1 is 1.28 bits per heavy atom. The molecule has 1 rings (SSSR count). The van der Waals surface area contributed by atoms with E-state index < -0.39 is 16.5 Å². The maximum absolute atomic E-state index is 11.2. The van der Waals surface area contributed by atoms with Gasteiger partial charge in [-0.1, -0.05) is 0 Å². The van der Waals surface area contributed by atoms with Crippen LogP contribution in [-0.4, -0.2) is 21.6 Å². The molecule has 0 aliphatic heterocycles. The van der Waals surface area contributed by atoms with Crippen molar-refractivity contribution in [1.29, 1.82) is 0 Å². The first-order chi connectivity index (χ1) is 8.32. The third-order valence-electron chi connectivity index (χ3n) is 2.28. The Morgan fingerprint density at radius 2 is 1.83 bits per heavy atom. The van der Waals surface area contributed by atoms with Crippen molar-refractivity contribution in [3.8, 4) is 5.75 Å². The number of hydrogen-bond donors (Lipinski definition) is 1. The number of non-ortho nitro benzene ring substituents is 1. The van der Waals surface area contributed by atoms with Crippen molar-refractivity contribution in [3.05, 3.63) is 39.4 Å². The normalized spacial score (nSPS) is 9.67. The second-order valence-corrected chi connectivity index (χ2v) is 3.67. The van der Waals surface area contributed by atoms with Crippen LogP contribution >= 0.6 is 0 Å². The van der Waals surface area contributed by atoms with Gasteiger partial charge in [-0.05, 0) is 26.0 Å². The standard InChI is InChI=1S/C12H11NO5/c1-7(14)11(8(2)15)6-9-5-10(13(17)18)3-4-12(9)16/h3-6,16H,1-2H3. The molecule has 0 fully saturated rings. The quantitative estimate of drug-likeness (QED) is 0.289. The summed E-state index contributed by atoms with van der Waals surface area (Å²) in [5.74, 6) is -1.16. The molecule has 0 spiro atoms. The Morgan fingerprint density at radius 3 is 2.28 bits per heavy atom. The van der Waals surface area contributed by atoms with Crippen molar-refractivity contribution in [2.24, 2.45) is 0 Å². The molecule has 94 valence electrons. The average Bonchev–Trinajstić information content (AvgIpc) is 2.26. The second-order valence-electron chi connectivity index (χ2n) is 3.67. The van der Waals surface area contributed by atoms with Crippen molar-refractivity contribution < 1.29 is 19.6 Å². The first-order valence-corrected chi connectivity index (χ1v) is 5.04. The Hall–Kier alpha value is -2.50. The summed E-state index contributed by atoms with van der Waals surface area (Å²) in [4.78, 5) is 32.4. The third kappa shape index (κ3) is 3.00. The number of aromatic hydroxyl groups is 1. The molecule has 18 heavy (non-hydrogen) atoms. The number of phenolic OH excluding ortho intramolecular Hbond substituents is 1. The highest BCUT2D eigenvalue weighted by molar-refractivity contribution is 6.21. The second kappa shape index (κ2) is 5.22. The van der Waals surface area contributed by atoms with E-state index in [1.165, 1.54) is 13.8 Å². The van der Waals surface area contributed by atoms with Gasteiger partial charge in [-0.3, -0.25) is 19.7 Å². The van der Waals surface area contributed by atoms with Crippen LogP contribution in [0.25, 0.3) is 6.08 Å². The van der Waals surface area contributed by atoms with Gasteiger partial charge in [0.2, 0.25) is 0 Å². The first-order valence-electron chi connectivity index (χ1n) is 5.04. The molecule has 0 amide bonds. The number of benzene rings is 1. The molecule has 0 saturated heterocycles. The lowest BCUT2D eigenvalue weighted by Crippen LogP contribution is -2.05. The molecular formula is C12H11NO5. The molecule has 0 bridgehead atoms. The lowest BCUT2D eigenvalue weighted by atomic mass is 10.0. The van der Waals surface area contributed by atoms with Gasteiger partial charge in [0.1, 0.15) is 5.75 Å². The molecule has 0 radical (unpaired) electrons. The lowest BCUT2D eigenvalue weighted by Gasteiger charge is -2.02. The summed E-state index contributed by atoms with van der Waals surface area (Å²) in [5.41, 5.74) is -0.291. The number of Topliss-reactive ketones (excluding diaryl/α,β-unsaturated/α-hetero) is 2. The number of phenols is 1. The van der Waals surface area contributed by atoms with Crippen LogP contribution < -0.4 is 0 Å². The zero-order chi connectivity index (χ0) is 13.9. The van der Waals surface area contributed by atoms with Crippen molar-refractivity contribution >= 4 is 23.3 Å². The lowest BCUT2D eigenvalue weighted by molar-refractivity contribution is -0.384. The number of nitro groups is 1. The first kappa shape index (κ1) is 13.6. The minimum absolute atomic E-state index is 0.0598. The van der Waals surface area contributed by atoms with Crippen molar-refractivity contribution in [1.82, 2.24) is 0 Å². The molecular weight excluding hydrogens is 238 g/mol. The monoisotopic (exact) mass is 249 g/mol. The number of rotatable bonds is 4. The van der Waals surface area contributed by atoms with Gasteiger partial charge in [0.25, 0.3) is 5.69 Å². The number of carbonyl (C=O) groups is 2. The van der Waals surface area contributed by atoms with Gasteiger partial charge in [-0.15, -0.1) is 0 Å². The summed E-state index contributed by atoms with van der Waals surface area (Å²) in [7, 11) is 0. The molecule has 0 aliphatic rings. The van der Waals surface area contributed by atoms with E-state index in [2.05, 4.69) is 0 Å². The van der Waals surface area contributed by atoms with Crippen LogP contribution in [0.5, 0.6) is 5.75 Å². The van der Waals surface area contributed by atoms with E-state index in [9.17, 15) is 24.8 Å². The van der Waals surface area contributed by atoms with Crippen molar-refractivity contribution in [2.45, 2.75) is 13.8 Å². The van der Waals surface area contributed by atoms with Gasteiger partial charge >= 0.3 is 0 Å². The minimum Gasteiger partial charge on any atom is -0.507 e. The Kier molecular flexibility index (Phi) is 3.93. The van der Waals surface area contributed by atoms with Gasteiger partial charge in [0.05, 0.1) is 10.5 Å². The van der Waals surface area contributed by atoms with E-state index in [0.29, 0.717) is 0 Å². The van der Waals surface area contributed by atoms with Crippen LogP contribution in [0, 0.1) is 10.1 Å². The fourth-order valence-electron chi connectivity index (χ4n) is 1.38. The van der Waals surface area contributed by atoms with Crippen LogP contribution in [0.1, 0.15) is 19.4 Å². The molecule has 0 heterocycles. The summed E-state index contributed by atoms with van der Waals surface area (Å²) in [6.07, 6.45) is 1.15. The van der Waals surface area contributed by atoms with E-state index >= 15 is 0 Å². The fraction of sp³-hybridized carbons (Fsp3) is 0.167. The number of hydrogen-bond acceptors (Lipinski definition) is 5. The maximum atomic E-state index is 11.2. The van der Waals surface area contributed by atoms with Crippen LogP contribution in [0.2, 0.25) is 0 Å². The minimum atomic E-state index is -0.627. The number of allylic oxidation sites excluding steroid dienone is 1. The molecule has 6 heteroatoms. The predicted molar refractivity (Wildman–Crippen MR) is 64.1 cm³/mol. The summed E-state index contributed by atoms with van der Waals surface area (Å²) in [6, 6.07) is 3.37. The molecule has 1 N–H and O–H groups in total. The largest absolute Gasteiger partial charge is 0.507 e. The van der Waals surface area contributed by atoms with Crippen LogP contribution in [-0.2, 0) is 9.59 Å². The third-order valence-corrected chi connectivity index (χ3v) is 2.28. The zero-order valence-electron chi connectivity index (χ0n) is 9.84. The van der Waals surface area contributed by atoms with Gasteiger partial charge < -0.3 is 5.11 Å². The van der Waals surface area contributed by atoms with Gasteiger partial charge in [0.15, 0.2) is 11.6 Å². The summed E-state index contributed by atoms with van der Waals surface area (Å²) in [6.45, 7) is 2.42. The molecule has 1 aromatic rings. The fourth-order valence-corrected chi connectivity index (χ4v) is 1.38. The van der Waals surface area contributed by atoms with E-state index in [1.54, 1.807) is 0 Å². The number of carbonyl (C=O) groups excluding carboxylic acids is 2. The molecule has 1 aromatic carbocycles. The van der Waals surface area contributed by atoms with E-state index in [4.69, 9.17) is 0 Å². The molecule has 0 aromatic heterocycles. The van der Waals surface area contributed by atoms with Crippen molar-refractivity contribution in [3.63, 3.8) is 0 Å². The Balaban J connectivity index is 3.36. The highest BCUT2D eigenvalue weighted by atomic mass is 16.6. The number of ketones is 2. The smallest absolute Gasteiger partial charge is 0.270 e. The summed E-state index contributed by atoms with van der Waals surface area (Å²) < 4.78 is 0. The highest BCUT2D eigenvalue weighted by Crippen LogP contribution is 2.25. The van der Waals surface area contributed by atoms with Gasteiger partial charge in [0, 0.05) is 17.7 Å². The molecule has 0 atom stereocenters. The molecule has 0 saturated carbocycles. The molecule has 0 unspecified atom stereocenters. The summed E-state index contributed by atoms with van der Waals surface area (Å²) >= 11 is 0. The SMILES string of the molecule is CC(=O)C(=Cc1cc([N+](=O)[O-])ccc1O)C(C)=O. The van der Waals surface area contributed by atoms with Crippen LogP contribution in [0.3, 0.4) is 0 Å². The molecule has 0 aliphatic carbocycles. The Labute approximate surface area is 103 Å². The van der Waals surface area contributed by atoms with Gasteiger partial charge in [-0.2, -0.15) is 0 Å². The maximum Gasteiger partial charge on any atom is 0.270 e. The zero-order valence-corrected chi connectivity index (χ0v) is 9.84. The van der Waals surface area contributed by atoms with Crippen LogP contribution in [0.4, 0.5) is 5.69 Å². The van der Waals surface area contributed by atoms with E-state index in [0.717, 1.165) is 24.3 Å². The molecule has 6 nitrogen and oxygen atoms in total. The van der Waals surface area contributed by atoms with Crippen LogP contribution in [0.15, 0.2) is 23.8 Å².